The molecule has 21 heavy (non-hydrogen) atoms. The highest BCUT2D eigenvalue weighted by atomic mass is 16.1. The van der Waals surface area contributed by atoms with Gasteiger partial charge < -0.3 is 4.90 Å². The maximum absolute atomic E-state index is 11.2. The Bertz CT molecular complexity index is 765. The predicted octanol–water partition coefficient (Wildman–Crippen LogP) is 4.81. The number of fused-ring (bicyclic) bond motifs is 1. The van der Waals surface area contributed by atoms with E-state index in [4.69, 9.17) is 0 Å². The molecule has 104 valence electrons. The van der Waals surface area contributed by atoms with E-state index in [9.17, 15) is 4.79 Å². The van der Waals surface area contributed by atoms with Gasteiger partial charge in [0, 0.05) is 28.9 Å². The molecule has 2 nitrogen and oxygen atoms in total. The first-order chi connectivity index (χ1) is 10.3. The van der Waals surface area contributed by atoms with Gasteiger partial charge in [-0.25, -0.2) is 0 Å². The van der Waals surface area contributed by atoms with Crippen molar-refractivity contribution in [1.29, 1.82) is 0 Å². The first-order valence-corrected chi connectivity index (χ1v) is 7.14. The maximum atomic E-state index is 11.2. The minimum Gasteiger partial charge on any atom is -0.341 e. The fourth-order valence-electron chi connectivity index (χ4n) is 2.74. The van der Waals surface area contributed by atoms with Gasteiger partial charge in [-0.05, 0) is 36.6 Å². The Morgan fingerprint density at radius 1 is 0.857 bits per heavy atom. The van der Waals surface area contributed by atoms with Gasteiger partial charge >= 0.3 is 0 Å². The highest BCUT2D eigenvalue weighted by Crippen LogP contribution is 2.33. The van der Waals surface area contributed by atoms with E-state index in [0.29, 0.717) is 0 Å². The van der Waals surface area contributed by atoms with Gasteiger partial charge in [-0.15, -0.1) is 0 Å². The highest BCUT2D eigenvalue weighted by molar-refractivity contribution is 6.04. The number of carbonyl (C=O) groups excluding carboxylic acids is 1. The lowest BCUT2D eigenvalue weighted by atomic mass is 10.0. The maximum Gasteiger partial charge on any atom is 0.150 e. The molecule has 0 saturated heterocycles. The molecule has 0 unspecified atom stereocenters. The van der Waals surface area contributed by atoms with Crippen LogP contribution in [0.2, 0.25) is 0 Å². The Kier molecular flexibility index (Phi) is 3.69. The van der Waals surface area contributed by atoms with Gasteiger partial charge in [0.2, 0.25) is 0 Å². The van der Waals surface area contributed by atoms with Gasteiger partial charge in [0.15, 0.2) is 6.29 Å². The molecule has 0 bridgehead atoms. The molecule has 3 aromatic rings. The van der Waals surface area contributed by atoms with Gasteiger partial charge in [-0.2, -0.15) is 0 Å². The minimum absolute atomic E-state index is 0.735. The summed E-state index contributed by atoms with van der Waals surface area (Å²) in [5.41, 5.74) is 3.02. The zero-order valence-corrected chi connectivity index (χ0v) is 12.0. The largest absolute Gasteiger partial charge is 0.341 e. The zero-order chi connectivity index (χ0) is 14.7. The van der Waals surface area contributed by atoms with Crippen LogP contribution < -0.4 is 4.90 Å². The van der Waals surface area contributed by atoms with Crippen LogP contribution in [0, 0.1) is 0 Å². The van der Waals surface area contributed by atoms with Gasteiger partial charge in [0.1, 0.15) is 0 Å². The van der Waals surface area contributed by atoms with Crippen molar-refractivity contribution in [3.05, 3.63) is 72.3 Å². The molecule has 0 N–H and O–H groups in total. The summed E-state index contributed by atoms with van der Waals surface area (Å²) in [5, 5.41) is 2.10. The molecular weight excluding hydrogens is 258 g/mol. The van der Waals surface area contributed by atoms with Crippen molar-refractivity contribution in [2.24, 2.45) is 0 Å². The minimum atomic E-state index is 0.735. The summed E-state index contributed by atoms with van der Waals surface area (Å²) in [7, 11) is 0. The lowest BCUT2D eigenvalue weighted by Crippen LogP contribution is -2.16. The van der Waals surface area contributed by atoms with Crippen molar-refractivity contribution in [2.45, 2.75) is 6.92 Å². The number of carbonyl (C=O) groups is 1. The molecule has 0 aliphatic rings. The summed E-state index contributed by atoms with van der Waals surface area (Å²) >= 11 is 0. The molecule has 0 fully saturated rings. The molecule has 0 spiro atoms. The third-order valence-electron chi connectivity index (χ3n) is 3.74. The molecule has 0 atom stereocenters. The Morgan fingerprint density at radius 2 is 1.52 bits per heavy atom. The third kappa shape index (κ3) is 2.40. The van der Waals surface area contributed by atoms with Gasteiger partial charge in [-0.3, -0.25) is 4.79 Å². The van der Waals surface area contributed by atoms with Crippen molar-refractivity contribution in [1.82, 2.24) is 0 Å². The van der Waals surface area contributed by atoms with E-state index in [1.165, 1.54) is 0 Å². The average Bonchev–Trinajstić information content (AvgIpc) is 2.56. The molecule has 0 saturated carbocycles. The van der Waals surface area contributed by atoms with Gasteiger partial charge in [0.25, 0.3) is 0 Å². The SMILES string of the molecule is CCN(c1ccccc1)c1ccc(C=O)c2ccccc12. The van der Waals surface area contributed by atoms with Crippen molar-refractivity contribution in [2.75, 3.05) is 11.4 Å². The van der Waals surface area contributed by atoms with Crippen molar-refractivity contribution < 1.29 is 4.79 Å². The first kappa shape index (κ1) is 13.4. The second-order valence-corrected chi connectivity index (χ2v) is 4.92. The van der Waals surface area contributed by atoms with Crippen LogP contribution in [0.5, 0.6) is 0 Å². The number of benzene rings is 3. The van der Waals surface area contributed by atoms with Crippen LogP contribution in [0.15, 0.2) is 66.7 Å². The van der Waals surface area contributed by atoms with E-state index < -0.39 is 0 Å². The van der Waals surface area contributed by atoms with E-state index in [2.05, 4.69) is 30.0 Å². The Morgan fingerprint density at radius 3 is 2.19 bits per heavy atom. The fraction of sp³-hybridized carbons (Fsp3) is 0.105. The number of hydrogen-bond acceptors (Lipinski definition) is 2. The molecule has 3 aromatic carbocycles. The van der Waals surface area contributed by atoms with E-state index in [0.717, 1.165) is 40.5 Å². The van der Waals surface area contributed by atoms with Crippen LogP contribution in [0.1, 0.15) is 17.3 Å². The van der Waals surface area contributed by atoms with E-state index >= 15 is 0 Å². The molecule has 0 aliphatic carbocycles. The summed E-state index contributed by atoms with van der Waals surface area (Å²) in [5.74, 6) is 0. The molecular formula is C19H17NO. The Labute approximate surface area is 124 Å². The van der Waals surface area contributed by atoms with E-state index in [1.54, 1.807) is 0 Å². The number of hydrogen-bond donors (Lipinski definition) is 0. The normalized spacial score (nSPS) is 10.5. The monoisotopic (exact) mass is 275 g/mol. The summed E-state index contributed by atoms with van der Waals surface area (Å²) < 4.78 is 0. The summed E-state index contributed by atoms with van der Waals surface area (Å²) in [6, 6.07) is 22.3. The quantitative estimate of drug-likeness (QED) is 0.637. The molecule has 0 aliphatic heterocycles. The second-order valence-electron chi connectivity index (χ2n) is 4.92. The number of nitrogens with zero attached hydrogens (tertiary/aromatic N) is 1. The van der Waals surface area contributed by atoms with Crippen LogP contribution in [0.3, 0.4) is 0 Å². The van der Waals surface area contributed by atoms with Gasteiger partial charge in [0.05, 0.1) is 0 Å². The highest BCUT2D eigenvalue weighted by Gasteiger charge is 2.12. The fourth-order valence-corrected chi connectivity index (χ4v) is 2.74. The van der Waals surface area contributed by atoms with Crippen LogP contribution in [-0.2, 0) is 0 Å². The summed E-state index contributed by atoms with van der Waals surface area (Å²) in [6.45, 7) is 3.00. The van der Waals surface area contributed by atoms with Crippen LogP contribution in [0.25, 0.3) is 10.8 Å². The Balaban J connectivity index is 2.22. The molecule has 0 heterocycles. The topological polar surface area (TPSA) is 20.3 Å². The second kappa shape index (κ2) is 5.80. The molecule has 3 rings (SSSR count). The number of anilines is 2. The van der Waals surface area contributed by atoms with Gasteiger partial charge in [-0.1, -0.05) is 42.5 Å². The first-order valence-electron chi connectivity index (χ1n) is 7.14. The standard InChI is InChI=1S/C19H17NO/c1-2-20(16-8-4-3-5-9-16)19-13-12-15(14-21)17-10-6-7-11-18(17)19/h3-14H,2H2,1H3. The average molecular weight is 275 g/mol. The Hall–Kier alpha value is -2.61. The van der Waals surface area contributed by atoms with E-state index in [1.807, 2.05) is 48.5 Å². The predicted molar refractivity (Wildman–Crippen MR) is 88.5 cm³/mol. The van der Waals surface area contributed by atoms with Crippen LogP contribution in [0.4, 0.5) is 11.4 Å². The molecule has 2 heteroatoms. The van der Waals surface area contributed by atoms with Crippen molar-refractivity contribution in [3.8, 4) is 0 Å². The van der Waals surface area contributed by atoms with Crippen molar-refractivity contribution >= 4 is 28.4 Å². The van der Waals surface area contributed by atoms with Crippen LogP contribution >= 0.6 is 0 Å². The molecule has 0 amide bonds. The molecule has 0 aromatic heterocycles. The summed E-state index contributed by atoms with van der Waals surface area (Å²) in [6.07, 6.45) is 0.922. The lowest BCUT2D eigenvalue weighted by Gasteiger charge is -2.25. The smallest absolute Gasteiger partial charge is 0.150 e. The lowest BCUT2D eigenvalue weighted by molar-refractivity contribution is 0.112. The summed E-state index contributed by atoms with van der Waals surface area (Å²) in [4.78, 5) is 13.5. The number of rotatable bonds is 4. The van der Waals surface area contributed by atoms with Crippen molar-refractivity contribution in [3.63, 3.8) is 0 Å². The van der Waals surface area contributed by atoms with Crippen LogP contribution in [-0.4, -0.2) is 12.8 Å². The third-order valence-corrected chi connectivity index (χ3v) is 3.74. The number of aldehydes is 1. The number of para-hydroxylation sites is 1. The zero-order valence-electron chi connectivity index (χ0n) is 12.0. The molecule has 0 radical (unpaired) electrons. The van der Waals surface area contributed by atoms with E-state index in [-0.39, 0.29) is 0 Å².